The highest BCUT2D eigenvalue weighted by molar-refractivity contribution is 7.90. The van der Waals surface area contributed by atoms with Crippen LogP contribution < -0.4 is 5.32 Å². The fraction of sp³-hybridized carbons (Fsp3) is 0.0588. The van der Waals surface area contributed by atoms with Crippen LogP contribution in [0.1, 0.15) is 10.4 Å². The molecule has 1 N–H and O–H groups in total. The van der Waals surface area contributed by atoms with Gasteiger partial charge in [-0.05, 0) is 42.5 Å². The Balaban J connectivity index is 1.78. The number of nitrogens with zero attached hydrogens (tertiary/aromatic N) is 2. The molecular formula is C17H15N3O3S. The van der Waals surface area contributed by atoms with Crippen molar-refractivity contribution in [3.8, 4) is 5.69 Å². The number of hydrogen-bond acceptors (Lipinski definition) is 4. The zero-order valence-electron chi connectivity index (χ0n) is 12.9. The first-order valence-corrected chi connectivity index (χ1v) is 9.02. The Morgan fingerprint density at radius 1 is 1.12 bits per heavy atom. The maximum Gasteiger partial charge on any atom is 0.255 e. The Hall–Kier alpha value is -2.93. The molecule has 0 atom stereocenters. The third kappa shape index (κ3) is 3.52. The van der Waals surface area contributed by atoms with Crippen LogP contribution in [0, 0.1) is 0 Å². The summed E-state index contributed by atoms with van der Waals surface area (Å²) in [6.07, 6.45) is 6.29. The minimum Gasteiger partial charge on any atom is -0.322 e. The van der Waals surface area contributed by atoms with E-state index in [4.69, 9.17) is 0 Å². The molecule has 6 nitrogen and oxygen atoms in total. The molecule has 0 fully saturated rings. The van der Waals surface area contributed by atoms with Crippen LogP contribution in [0.4, 0.5) is 5.69 Å². The summed E-state index contributed by atoms with van der Waals surface area (Å²) in [7, 11) is -3.32. The smallest absolute Gasteiger partial charge is 0.255 e. The normalized spacial score (nSPS) is 11.2. The highest BCUT2D eigenvalue weighted by atomic mass is 32.2. The van der Waals surface area contributed by atoms with E-state index in [-0.39, 0.29) is 10.8 Å². The molecule has 3 aromatic rings. The molecule has 2 aromatic carbocycles. The van der Waals surface area contributed by atoms with Crippen LogP contribution in [0.15, 0.2) is 72.1 Å². The van der Waals surface area contributed by atoms with Gasteiger partial charge in [-0.3, -0.25) is 4.79 Å². The lowest BCUT2D eigenvalue weighted by molar-refractivity contribution is 0.102. The molecule has 0 aliphatic carbocycles. The molecule has 1 aromatic heterocycles. The quantitative estimate of drug-likeness (QED) is 0.791. The van der Waals surface area contributed by atoms with Gasteiger partial charge in [-0.25, -0.2) is 13.4 Å². The second-order valence-corrected chi connectivity index (χ2v) is 7.29. The fourth-order valence-electron chi connectivity index (χ4n) is 2.20. The van der Waals surface area contributed by atoms with E-state index >= 15 is 0 Å². The van der Waals surface area contributed by atoms with Crippen LogP contribution in [-0.4, -0.2) is 30.1 Å². The number of sulfone groups is 1. The average Bonchev–Trinajstić information content (AvgIpc) is 3.09. The van der Waals surface area contributed by atoms with Crippen LogP contribution in [0.5, 0.6) is 0 Å². The number of aromatic nitrogens is 2. The molecular weight excluding hydrogens is 326 g/mol. The molecule has 7 heteroatoms. The lowest BCUT2D eigenvalue weighted by Crippen LogP contribution is -2.12. The number of benzene rings is 2. The highest BCUT2D eigenvalue weighted by Crippen LogP contribution is 2.17. The summed E-state index contributed by atoms with van der Waals surface area (Å²) in [5.41, 5.74) is 1.80. The number of imidazole rings is 1. The van der Waals surface area contributed by atoms with Crippen molar-refractivity contribution in [2.45, 2.75) is 4.90 Å². The Bertz CT molecular complexity index is 963. The zero-order valence-corrected chi connectivity index (χ0v) is 13.7. The lowest BCUT2D eigenvalue weighted by atomic mass is 10.2. The first-order valence-electron chi connectivity index (χ1n) is 7.13. The second-order valence-electron chi connectivity index (χ2n) is 5.27. The highest BCUT2D eigenvalue weighted by Gasteiger charge is 2.10. The van der Waals surface area contributed by atoms with E-state index in [1.807, 2.05) is 22.9 Å². The van der Waals surface area contributed by atoms with Gasteiger partial charge in [0.25, 0.3) is 5.91 Å². The van der Waals surface area contributed by atoms with Crippen molar-refractivity contribution in [3.05, 3.63) is 72.8 Å². The third-order valence-corrected chi connectivity index (χ3v) is 4.56. The van der Waals surface area contributed by atoms with Crippen molar-refractivity contribution in [2.75, 3.05) is 11.6 Å². The van der Waals surface area contributed by atoms with Crippen LogP contribution >= 0.6 is 0 Å². The predicted molar refractivity (Wildman–Crippen MR) is 91.1 cm³/mol. The molecule has 0 spiro atoms. The van der Waals surface area contributed by atoms with E-state index in [0.29, 0.717) is 11.3 Å². The first-order chi connectivity index (χ1) is 11.4. The molecule has 0 radical (unpaired) electrons. The zero-order chi connectivity index (χ0) is 17.2. The summed E-state index contributed by atoms with van der Waals surface area (Å²) in [4.78, 5) is 16.4. The van der Waals surface area contributed by atoms with Gasteiger partial charge < -0.3 is 9.88 Å². The van der Waals surface area contributed by atoms with Crippen molar-refractivity contribution >= 4 is 21.4 Å². The Labute approximate surface area is 139 Å². The van der Waals surface area contributed by atoms with E-state index in [1.165, 1.54) is 12.1 Å². The van der Waals surface area contributed by atoms with Gasteiger partial charge in [0.05, 0.1) is 11.2 Å². The second kappa shape index (κ2) is 6.29. The SMILES string of the molecule is CS(=O)(=O)c1cccc(NC(=O)c2ccc(-n3ccnc3)cc2)c1. The summed E-state index contributed by atoms with van der Waals surface area (Å²) in [5.74, 6) is -0.308. The molecule has 0 aliphatic rings. The van der Waals surface area contributed by atoms with E-state index < -0.39 is 9.84 Å². The van der Waals surface area contributed by atoms with Crippen molar-refractivity contribution in [1.29, 1.82) is 0 Å². The fourth-order valence-corrected chi connectivity index (χ4v) is 2.87. The molecule has 3 rings (SSSR count). The predicted octanol–water partition coefficient (Wildman–Crippen LogP) is 2.53. The number of rotatable bonds is 4. The Kier molecular flexibility index (Phi) is 4.18. The molecule has 122 valence electrons. The van der Waals surface area contributed by atoms with Crippen LogP contribution in [-0.2, 0) is 9.84 Å². The molecule has 1 heterocycles. The van der Waals surface area contributed by atoms with E-state index in [0.717, 1.165) is 11.9 Å². The molecule has 0 saturated carbocycles. The van der Waals surface area contributed by atoms with Gasteiger partial charge in [0.1, 0.15) is 0 Å². The molecule has 24 heavy (non-hydrogen) atoms. The van der Waals surface area contributed by atoms with Crippen LogP contribution in [0.3, 0.4) is 0 Å². The Morgan fingerprint density at radius 3 is 2.50 bits per heavy atom. The maximum atomic E-state index is 12.3. The molecule has 0 aliphatic heterocycles. The molecule has 0 saturated heterocycles. The van der Waals surface area contributed by atoms with Crippen molar-refractivity contribution < 1.29 is 13.2 Å². The minimum atomic E-state index is -3.32. The van der Waals surface area contributed by atoms with Gasteiger partial charge >= 0.3 is 0 Å². The molecule has 0 bridgehead atoms. The van der Waals surface area contributed by atoms with Crippen LogP contribution in [0.2, 0.25) is 0 Å². The maximum absolute atomic E-state index is 12.3. The molecule has 0 unspecified atom stereocenters. The van der Waals surface area contributed by atoms with Gasteiger partial charge in [-0.2, -0.15) is 0 Å². The van der Waals surface area contributed by atoms with Crippen LogP contribution in [0.25, 0.3) is 5.69 Å². The largest absolute Gasteiger partial charge is 0.322 e. The number of hydrogen-bond donors (Lipinski definition) is 1. The van der Waals surface area contributed by atoms with Crippen molar-refractivity contribution in [1.82, 2.24) is 9.55 Å². The Morgan fingerprint density at radius 2 is 1.88 bits per heavy atom. The average molecular weight is 341 g/mol. The topological polar surface area (TPSA) is 81.1 Å². The van der Waals surface area contributed by atoms with E-state index in [9.17, 15) is 13.2 Å². The molecule has 1 amide bonds. The van der Waals surface area contributed by atoms with Gasteiger partial charge in [0.2, 0.25) is 0 Å². The van der Waals surface area contributed by atoms with Crippen molar-refractivity contribution in [3.63, 3.8) is 0 Å². The number of anilines is 1. The van der Waals surface area contributed by atoms with Crippen molar-refractivity contribution in [2.24, 2.45) is 0 Å². The number of amides is 1. The number of nitrogens with one attached hydrogen (secondary N) is 1. The van der Waals surface area contributed by atoms with Gasteiger partial charge in [0, 0.05) is 35.6 Å². The van der Waals surface area contributed by atoms with E-state index in [2.05, 4.69) is 10.3 Å². The van der Waals surface area contributed by atoms with E-state index in [1.54, 1.807) is 36.8 Å². The van der Waals surface area contributed by atoms with Gasteiger partial charge in [0.15, 0.2) is 9.84 Å². The summed E-state index contributed by atoms with van der Waals surface area (Å²) in [6, 6.07) is 13.2. The summed E-state index contributed by atoms with van der Waals surface area (Å²) >= 11 is 0. The standard InChI is InChI=1S/C17H15N3O3S/c1-24(22,23)16-4-2-3-14(11-16)19-17(21)13-5-7-15(8-6-13)20-10-9-18-12-20/h2-12H,1H3,(H,19,21). The summed E-state index contributed by atoms with van der Waals surface area (Å²) < 4.78 is 25.0. The van der Waals surface area contributed by atoms with Gasteiger partial charge in [-0.1, -0.05) is 6.07 Å². The number of carbonyl (C=O) groups is 1. The lowest BCUT2D eigenvalue weighted by Gasteiger charge is -2.08. The minimum absolute atomic E-state index is 0.163. The number of carbonyl (C=O) groups excluding carboxylic acids is 1. The van der Waals surface area contributed by atoms with Gasteiger partial charge in [-0.15, -0.1) is 0 Å². The monoisotopic (exact) mass is 341 g/mol. The third-order valence-electron chi connectivity index (χ3n) is 3.45. The first kappa shape index (κ1) is 15.9. The summed E-state index contributed by atoms with van der Waals surface area (Å²) in [6.45, 7) is 0. The summed E-state index contributed by atoms with van der Waals surface area (Å²) in [5, 5.41) is 2.70.